The summed E-state index contributed by atoms with van der Waals surface area (Å²) in [6.07, 6.45) is 0. The van der Waals surface area contributed by atoms with Gasteiger partial charge in [0.25, 0.3) is 5.56 Å². The molecule has 1 aromatic heterocycles. The Labute approximate surface area is 92.3 Å². The Morgan fingerprint density at radius 3 is 2.67 bits per heavy atom. The van der Waals surface area contributed by atoms with Crippen molar-refractivity contribution in [3.63, 3.8) is 0 Å². The molecule has 2 N–H and O–H groups in total. The SMILES string of the molecule is CC(C)(CN)n1sc2ccccc2c1=O. The average molecular weight is 222 g/mol. The molecule has 0 aliphatic rings. The summed E-state index contributed by atoms with van der Waals surface area (Å²) in [6.45, 7) is 4.41. The molecule has 0 aliphatic heterocycles. The van der Waals surface area contributed by atoms with E-state index in [0.29, 0.717) is 6.54 Å². The molecule has 0 fully saturated rings. The van der Waals surface area contributed by atoms with Crippen molar-refractivity contribution in [1.82, 2.24) is 3.96 Å². The monoisotopic (exact) mass is 222 g/mol. The van der Waals surface area contributed by atoms with Crippen molar-refractivity contribution < 1.29 is 0 Å². The van der Waals surface area contributed by atoms with E-state index in [-0.39, 0.29) is 11.1 Å². The molecule has 2 aromatic rings. The number of aromatic nitrogens is 1. The standard InChI is InChI=1S/C11H14N2OS/c1-11(2,7-12)13-10(14)8-5-3-4-6-9(8)15-13/h3-6H,7,12H2,1-2H3. The highest BCUT2D eigenvalue weighted by molar-refractivity contribution is 7.13. The lowest BCUT2D eigenvalue weighted by Gasteiger charge is -2.22. The summed E-state index contributed by atoms with van der Waals surface area (Å²) in [4.78, 5) is 12.1. The van der Waals surface area contributed by atoms with Gasteiger partial charge in [-0.2, -0.15) is 0 Å². The van der Waals surface area contributed by atoms with Gasteiger partial charge in [0.2, 0.25) is 0 Å². The summed E-state index contributed by atoms with van der Waals surface area (Å²) in [5.74, 6) is 0. The van der Waals surface area contributed by atoms with Gasteiger partial charge in [-0.05, 0) is 26.0 Å². The lowest BCUT2D eigenvalue weighted by Crippen LogP contribution is -2.39. The highest BCUT2D eigenvalue weighted by Gasteiger charge is 2.22. The van der Waals surface area contributed by atoms with Crippen molar-refractivity contribution in [1.29, 1.82) is 0 Å². The second kappa shape index (κ2) is 3.47. The van der Waals surface area contributed by atoms with E-state index in [1.807, 2.05) is 38.1 Å². The summed E-state index contributed by atoms with van der Waals surface area (Å²) in [5.41, 5.74) is 5.43. The third-order valence-corrected chi connectivity index (χ3v) is 3.94. The molecule has 4 heteroatoms. The molecular weight excluding hydrogens is 208 g/mol. The van der Waals surface area contributed by atoms with E-state index in [9.17, 15) is 4.79 Å². The highest BCUT2D eigenvalue weighted by atomic mass is 32.1. The molecule has 0 spiro atoms. The molecule has 0 unspecified atom stereocenters. The van der Waals surface area contributed by atoms with E-state index in [1.165, 1.54) is 11.5 Å². The van der Waals surface area contributed by atoms with Crippen molar-refractivity contribution in [3.8, 4) is 0 Å². The average Bonchev–Trinajstić information content (AvgIpc) is 2.58. The maximum Gasteiger partial charge on any atom is 0.269 e. The van der Waals surface area contributed by atoms with Crippen molar-refractivity contribution in [2.75, 3.05) is 6.54 Å². The number of hydrogen-bond acceptors (Lipinski definition) is 3. The number of nitrogens with zero attached hydrogens (tertiary/aromatic N) is 1. The lowest BCUT2D eigenvalue weighted by atomic mass is 10.1. The van der Waals surface area contributed by atoms with Crippen LogP contribution >= 0.6 is 11.5 Å². The van der Waals surface area contributed by atoms with Gasteiger partial charge >= 0.3 is 0 Å². The van der Waals surface area contributed by atoms with Crippen LogP contribution in [0.5, 0.6) is 0 Å². The first kappa shape index (κ1) is 10.4. The van der Waals surface area contributed by atoms with Gasteiger partial charge in [-0.1, -0.05) is 23.7 Å². The normalized spacial score (nSPS) is 12.2. The van der Waals surface area contributed by atoms with Gasteiger partial charge in [-0.15, -0.1) is 0 Å². The molecule has 3 nitrogen and oxygen atoms in total. The molecule has 0 radical (unpaired) electrons. The number of hydrogen-bond donors (Lipinski definition) is 1. The summed E-state index contributed by atoms with van der Waals surface area (Å²) < 4.78 is 2.78. The van der Waals surface area contributed by atoms with Gasteiger partial charge in [0.05, 0.1) is 15.6 Å². The predicted octanol–water partition coefficient (Wildman–Crippen LogP) is 1.76. The smallest absolute Gasteiger partial charge is 0.269 e. The summed E-state index contributed by atoms with van der Waals surface area (Å²) in [5, 5.41) is 0.782. The lowest BCUT2D eigenvalue weighted by molar-refractivity contribution is 0.388. The molecule has 0 saturated carbocycles. The van der Waals surface area contributed by atoms with Crippen LogP contribution in [0.1, 0.15) is 13.8 Å². The quantitative estimate of drug-likeness (QED) is 0.841. The molecule has 2 rings (SSSR count). The molecule has 80 valence electrons. The summed E-state index contributed by atoms with van der Waals surface area (Å²) in [6, 6.07) is 7.65. The maximum atomic E-state index is 12.1. The molecule has 1 aromatic carbocycles. The minimum Gasteiger partial charge on any atom is -0.328 e. The van der Waals surface area contributed by atoms with E-state index in [1.54, 1.807) is 3.96 Å². The topological polar surface area (TPSA) is 48.0 Å². The van der Waals surface area contributed by atoms with E-state index >= 15 is 0 Å². The second-order valence-corrected chi connectivity index (χ2v) is 5.19. The Bertz CT molecular complexity index is 539. The van der Waals surface area contributed by atoms with Crippen LogP contribution in [0.4, 0.5) is 0 Å². The molecule has 0 amide bonds. The summed E-state index contributed by atoms with van der Waals surface area (Å²) >= 11 is 1.48. The first-order chi connectivity index (χ1) is 7.06. The van der Waals surface area contributed by atoms with Gasteiger partial charge in [-0.25, -0.2) is 0 Å². The third-order valence-electron chi connectivity index (χ3n) is 2.54. The molecular formula is C11H14N2OS. The summed E-state index contributed by atoms with van der Waals surface area (Å²) in [7, 11) is 0. The van der Waals surface area contributed by atoms with E-state index in [4.69, 9.17) is 5.73 Å². The van der Waals surface area contributed by atoms with Gasteiger partial charge in [0.1, 0.15) is 0 Å². The Hall–Kier alpha value is -1.13. The van der Waals surface area contributed by atoms with Crippen LogP contribution in [0.3, 0.4) is 0 Å². The second-order valence-electron chi connectivity index (χ2n) is 4.20. The van der Waals surface area contributed by atoms with Crippen molar-refractivity contribution in [3.05, 3.63) is 34.6 Å². The van der Waals surface area contributed by atoms with Crippen LogP contribution in [-0.2, 0) is 5.54 Å². The Kier molecular flexibility index (Phi) is 2.40. The third kappa shape index (κ3) is 1.60. The van der Waals surface area contributed by atoms with E-state index < -0.39 is 0 Å². The maximum absolute atomic E-state index is 12.1. The molecule has 1 heterocycles. The first-order valence-corrected chi connectivity index (χ1v) is 5.65. The zero-order valence-corrected chi connectivity index (χ0v) is 9.67. The Morgan fingerprint density at radius 1 is 1.40 bits per heavy atom. The number of fused-ring (bicyclic) bond motifs is 1. The number of benzene rings is 1. The van der Waals surface area contributed by atoms with Crippen LogP contribution in [0.15, 0.2) is 29.1 Å². The van der Waals surface area contributed by atoms with Crippen LogP contribution < -0.4 is 11.3 Å². The van der Waals surface area contributed by atoms with Crippen LogP contribution in [-0.4, -0.2) is 10.5 Å². The minimum absolute atomic E-state index is 0.0612. The van der Waals surface area contributed by atoms with Gasteiger partial charge in [0, 0.05) is 6.54 Å². The molecule has 15 heavy (non-hydrogen) atoms. The van der Waals surface area contributed by atoms with Crippen molar-refractivity contribution in [2.24, 2.45) is 5.73 Å². The fourth-order valence-corrected chi connectivity index (χ4v) is 2.55. The van der Waals surface area contributed by atoms with Gasteiger partial charge in [-0.3, -0.25) is 8.75 Å². The Morgan fingerprint density at radius 2 is 2.07 bits per heavy atom. The van der Waals surface area contributed by atoms with E-state index in [2.05, 4.69) is 0 Å². The van der Waals surface area contributed by atoms with Gasteiger partial charge < -0.3 is 5.73 Å². The Balaban J connectivity index is 2.74. The highest BCUT2D eigenvalue weighted by Crippen LogP contribution is 2.22. The van der Waals surface area contributed by atoms with Crippen LogP contribution in [0.25, 0.3) is 10.1 Å². The minimum atomic E-state index is -0.305. The molecule has 0 bridgehead atoms. The fraction of sp³-hybridized carbons (Fsp3) is 0.364. The zero-order chi connectivity index (χ0) is 11.1. The van der Waals surface area contributed by atoms with Crippen molar-refractivity contribution in [2.45, 2.75) is 19.4 Å². The largest absolute Gasteiger partial charge is 0.328 e. The van der Waals surface area contributed by atoms with Crippen LogP contribution in [0.2, 0.25) is 0 Å². The first-order valence-electron chi connectivity index (χ1n) is 4.88. The molecule has 0 saturated heterocycles. The number of nitrogens with two attached hydrogens (primary N) is 1. The van der Waals surface area contributed by atoms with Gasteiger partial charge in [0.15, 0.2) is 0 Å². The predicted molar refractivity (Wildman–Crippen MR) is 64.5 cm³/mol. The van der Waals surface area contributed by atoms with Crippen molar-refractivity contribution >= 4 is 21.6 Å². The molecule has 0 atom stereocenters. The van der Waals surface area contributed by atoms with Crippen LogP contribution in [0, 0.1) is 0 Å². The number of rotatable bonds is 2. The fourth-order valence-electron chi connectivity index (χ4n) is 1.45. The molecule has 0 aliphatic carbocycles. The zero-order valence-electron chi connectivity index (χ0n) is 8.86. The van der Waals surface area contributed by atoms with E-state index in [0.717, 1.165) is 10.1 Å².